The molecule has 5 rings (SSSR count). The van der Waals surface area contributed by atoms with Crippen LogP contribution in [0, 0.1) is 13.8 Å². The number of ether oxygens (including phenoxy) is 1. The van der Waals surface area contributed by atoms with Crippen molar-refractivity contribution in [3.8, 4) is 11.7 Å². The van der Waals surface area contributed by atoms with Gasteiger partial charge in [-0.05, 0) is 43.7 Å². The van der Waals surface area contributed by atoms with Gasteiger partial charge in [0.15, 0.2) is 5.82 Å². The van der Waals surface area contributed by atoms with E-state index in [1.807, 2.05) is 6.92 Å². The van der Waals surface area contributed by atoms with E-state index in [1.54, 1.807) is 66.0 Å². The Labute approximate surface area is 243 Å². The Morgan fingerprint density at radius 1 is 1.15 bits per heavy atom. The first-order valence-electron chi connectivity index (χ1n) is 12.0. The van der Waals surface area contributed by atoms with E-state index >= 15 is 0 Å². The number of pyridine rings is 1. The Morgan fingerprint density at radius 2 is 1.97 bits per heavy atom. The summed E-state index contributed by atoms with van der Waals surface area (Å²) in [5.41, 5.74) is 4.10. The highest BCUT2D eigenvalue weighted by atomic mass is 35.5. The predicted octanol–water partition coefficient (Wildman–Crippen LogP) is 5.37. The number of anilines is 1. The van der Waals surface area contributed by atoms with Crippen molar-refractivity contribution < 1.29 is 14.3 Å². The van der Waals surface area contributed by atoms with Crippen LogP contribution in [0.15, 0.2) is 42.0 Å². The zero-order valence-corrected chi connectivity index (χ0v) is 24.2. The van der Waals surface area contributed by atoms with E-state index in [-0.39, 0.29) is 35.0 Å². The van der Waals surface area contributed by atoms with E-state index in [9.17, 15) is 9.59 Å². The number of thiazole rings is 1. The summed E-state index contributed by atoms with van der Waals surface area (Å²) in [4.78, 5) is 36.5. The molecule has 4 aromatic rings. The topological polar surface area (TPSA) is 111 Å². The van der Waals surface area contributed by atoms with Crippen LogP contribution in [0.1, 0.15) is 37.0 Å². The number of thioether (sulfide) groups is 1. The van der Waals surface area contributed by atoms with Gasteiger partial charge in [-0.15, -0.1) is 16.4 Å². The summed E-state index contributed by atoms with van der Waals surface area (Å²) in [6, 6.07) is 8.12. The van der Waals surface area contributed by atoms with Crippen molar-refractivity contribution in [2.45, 2.75) is 26.4 Å². The second-order valence-electron chi connectivity index (χ2n) is 8.83. The Balaban J connectivity index is 1.41. The van der Waals surface area contributed by atoms with E-state index in [0.717, 1.165) is 22.1 Å². The number of benzene rings is 1. The van der Waals surface area contributed by atoms with Crippen LogP contribution in [-0.4, -0.2) is 55.7 Å². The highest BCUT2D eigenvalue weighted by Gasteiger charge is 2.26. The van der Waals surface area contributed by atoms with Crippen molar-refractivity contribution in [3.05, 3.63) is 79.5 Å². The standard InChI is InChI=1S/C26H24Cl2N6O3S2/c1-14-8-16(27)9-18(25(35)30-7-5-21-15(2)31-13-39-21)23(14)32-26(36)20-10-22(37-17-11-38-12-17)33-34(20)24-19(28)4-3-6-29-24/h3-4,6,8-10,13,17H,5,7,11-12H2,1-2H3,(H,30,35)(H,32,36). The zero-order valence-electron chi connectivity index (χ0n) is 21.0. The minimum atomic E-state index is -0.512. The van der Waals surface area contributed by atoms with Gasteiger partial charge in [0, 0.05) is 46.6 Å². The van der Waals surface area contributed by atoms with Crippen molar-refractivity contribution in [2.75, 3.05) is 23.4 Å². The Bertz CT molecular complexity index is 1540. The van der Waals surface area contributed by atoms with Crippen molar-refractivity contribution in [1.82, 2.24) is 25.1 Å². The number of aryl methyl sites for hydroxylation is 2. The third-order valence-electron chi connectivity index (χ3n) is 6.02. The van der Waals surface area contributed by atoms with Crippen LogP contribution in [0.5, 0.6) is 5.88 Å². The summed E-state index contributed by atoms with van der Waals surface area (Å²) in [6.45, 7) is 4.12. The molecular weight excluding hydrogens is 579 g/mol. The number of carbonyl (C=O) groups is 2. The van der Waals surface area contributed by atoms with Gasteiger partial charge in [-0.25, -0.2) is 14.6 Å². The third kappa shape index (κ3) is 6.22. The molecule has 202 valence electrons. The molecule has 1 saturated heterocycles. The number of aromatic nitrogens is 4. The second kappa shape index (κ2) is 12.0. The monoisotopic (exact) mass is 602 g/mol. The fourth-order valence-electron chi connectivity index (χ4n) is 3.94. The predicted molar refractivity (Wildman–Crippen MR) is 155 cm³/mol. The van der Waals surface area contributed by atoms with Crippen LogP contribution in [0.3, 0.4) is 0 Å². The summed E-state index contributed by atoms with van der Waals surface area (Å²) in [7, 11) is 0. The first-order chi connectivity index (χ1) is 18.8. The SMILES string of the molecule is Cc1cc(Cl)cc(C(=O)NCCc2scnc2C)c1NC(=O)c1cc(OC2CSC2)nn1-c1ncccc1Cl. The molecule has 1 aliphatic heterocycles. The molecule has 0 radical (unpaired) electrons. The van der Waals surface area contributed by atoms with Gasteiger partial charge >= 0.3 is 0 Å². The maximum Gasteiger partial charge on any atom is 0.274 e. The lowest BCUT2D eigenvalue weighted by atomic mass is 10.1. The van der Waals surface area contributed by atoms with Gasteiger partial charge in [-0.1, -0.05) is 23.2 Å². The van der Waals surface area contributed by atoms with Crippen LogP contribution in [0.2, 0.25) is 10.0 Å². The molecule has 0 bridgehead atoms. The molecule has 39 heavy (non-hydrogen) atoms. The van der Waals surface area contributed by atoms with E-state index in [4.69, 9.17) is 27.9 Å². The number of rotatable bonds is 9. The van der Waals surface area contributed by atoms with E-state index in [1.165, 1.54) is 10.7 Å². The summed E-state index contributed by atoms with van der Waals surface area (Å²) in [5.74, 6) is 1.41. The number of halogens is 2. The number of amides is 2. The smallest absolute Gasteiger partial charge is 0.274 e. The normalized spacial score (nSPS) is 13.1. The van der Waals surface area contributed by atoms with Crippen LogP contribution >= 0.6 is 46.3 Å². The van der Waals surface area contributed by atoms with Gasteiger partial charge in [-0.2, -0.15) is 11.8 Å². The lowest BCUT2D eigenvalue weighted by Crippen LogP contribution is -2.31. The quantitative estimate of drug-likeness (QED) is 0.265. The minimum Gasteiger partial charge on any atom is -0.472 e. The van der Waals surface area contributed by atoms with Gasteiger partial charge in [0.1, 0.15) is 11.8 Å². The molecule has 9 nitrogen and oxygen atoms in total. The van der Waals surface area contributed by atoms with E-state index < -0.39 is 5.91 Å². The number of hydrogen-bond donors (Lipinski definition) is 2. The van der Waals surface area contributed by atoms with E-state index in [2.05, 4.69) is 25.7 Å². The molecular formula is C26H24Cl2N6O3S2. The molecule has 1 fully saturated rings. The maximum absolute atomic E-state index is 13.6. The molecule has 0 spiro atoms. The fourth-order valence-corrected chi connectivity index (χ4v) is 5.76. The third-order valence-corrected chi connectivity index (χ3v) is 8.74. The second-order valence-corrected chi connectivity index (χ2v) is 11.7. The van der Waals surface area contributed by atoms with Crippen LogP contribution < -0.4 is 15.4 Å². The minimum absolute atomic E-state index is 0.0241. The summed E-state index contributed by atoms with van der Waals surface area (Å²) < 4.78 is 7.28. The molecule has 13 heteroatoms. The summed E-state index contributed by atoms with van der Waals surface area (Å²) in [6.07, 6.45) is 2.24. The van der Waals surface area contributed by atoms with Crippen molar-refractivity contribution in [3.63, 3.8) is 0 Å². The average Bonchev–Trinajstić information content (AvgIpc) is 3.49. The first kappa shape index (κ1) is 27.4. The van der Waals surface area contributed by atoms with Crippen molar-refractivity contribution >= 4 is 63.8 Å². The van der Waals surface area contributed by atoms with E-state index in [0.29, 0.717) is 34.3 Å². The van der Waals surface area contributed by atoms with Crippen LogP contribution in [0.4, 0.5) is 5.69 Å². The molecule has 2 N–H and O–H groups in total. The van der Waals surface area contributed by atoms with Gasteiger partial charge < -0.3 is 15.4 Å². The van der Waals surface area contributed by atoms with Gasteiger partial charge in [0.2, 0.25) is 5.88 Å². The number of hydrogen-bond acceptors (Lipinski definition) is 8. The van der Waals surface area contributed by atoms with Crippen molar-refractivity contribution in [2.24, 2.45) is 0 Å². The van der Waals surface area contributed by atoms with Gasteiger partial charge in [0.25, 0.3) is 11.8 Å². The lowest BCUT2D eigenvalue weighted by Gasteiger charge is -2.24. The number of nitrogens with one attached hydrogen (secondary N) is 2. The average molecular weight is 604 g/mol. The highest BCUT2D eigenvalue weighted by molar-refractivity contribution is 8.00. The fraction of sp³-hybridized carbons (Fsp3) is 0.269. The molecule has 1 aromatic carbocycles. The Morgan fingerprint density at radius 3 is 2.67 bits per heavy atom. The molecule has 3 aromatic heterocycles. The molecule has 1 aliphatic rings. The van der Waals surface area contributed by atoms with Gasteiger partial charge in [0.05, 0.1) is 27.5 Å². The molecule has 0 atom stereocenters. The number of carbonyl (C=O) groups excluding carboxylic acids is 2. The molecule has 0 aliphatic carbocycles. The molecule has 0 unspecified atom stereocenters. The number of nitrogens with zero attached hydrogens (tertiary/aromatic N) is 4. The van der Waals surface area contributed by atoms with Crippen molar-refractivity contribution in [1.29, 1.82) is 0 Å². The largest absolute Gasteiger partial charge is 0.472 e. The summed E-state index contributed by atoms with van der Waals surface area (Å²) >= 11 is 16.0. The lowest BCUT2D eigenvalue weighted by molar-refractivity contribution is 0.0955. The molecule has 4 heterocycles. The first-order valence-corrected chi connectivity index (χ1v) is 14.8. The summed E-state index contributed by atoms with van der Waals surface area (Å²) in [5, 5.41) is 11.0. The van der Waals surface area contributed by atoms with Crippen LogP contribution in [0.25, 0.3) is 5.82 Å². The molecule has 0 saturated carbocycles. The zero-order chi connectivity index (χ0) is 27.5. The molecule has 2 amide bonds. The van der Waals surface area contributed by atoms with Gasteiger partial charge in [-0.3, -0.25) is 9.59 Å². The highest BCUT2D eigenvalue weighted by Crippen LogP contribution is 2.29. The maximum atomic E-state index is 13.6. The van der Waals surface area contributed by atoms with Crippen LogP contribution in [-0.2, 0) is 6.42 Å². The Kier molecular flexibility index (Phi) is 8.41. The Hall–Kier alpha value is -3.12.